The van der Waals surface area contributed by atoms with Gasteiger partial charge in [-0.3, -0.25) is 4.79 Å². The third-order valence-corrected chi connectivity index (χ3v) is 6.57. The number of pyridine rings is 1. The molecule has 1 N–H and O–H groups in total. The highest BCUT2D eigenvalue weighted by Crippen LogP contribution is 2.41. The van der Waals surface area contributed by atoms with E-state index in [1.165, 1.54) is 24.3 Å². The third-order valence-electron chi connectivity index (χ3n) is 6.18. The van der Waals surface area contributed by atoms with Crippen molar-refractivity contribution in [2.24, 2.45) is 0 Å². The van der Waals surface area contributed by atoms with Crippen LogP contribution in [0.1, 0.15) is 31.0 Å². The van der Waals surface area contributed by atoms with Gasteiger partial charge >= 0.3 is 16.7 Å². The molecule has 0 aliphatic rings. The van der Waals surface area contributed by atoms with E-state index >= 15 is 0 Å². The number of fused-ring (bicyclic) bond motifs is 4. The number of halogens is 4. The molecule has 2 heterocycles. The lowest BCUT2D eigenvalue weighted by Crippen LogP contribution is -2.15. The molecule has 5 rings (SSSR count). The molecule has 3 aromatic carbocycles. The molecule has 0 saturated heterocycles. The van der Waals surface area contributed by atoms with Gasteiger partial charge in [0.25, 0.3) is 0 Å². The minimum Gasteiger partial charge on any atom is -0.358 e. The Labute approximate surface area is 212 Å². The maximum Gasteiger partial charge on any atom is 0.488 e. The quantitative estimate of drug-likeness (QED) is 0.210. The molecule has 0 atom stereocenters. The molecule has 0 saturated carbocycles. The summed E-state index contributed by atoms with van der Waals surface area (Å²) in [4.78, 5) is 16.8. The van der Waals surface area contributed by atoms with Crippen LogP contribution in [0.3, 0.4) is 0 Å². The summed E-state index contributed by atoms with van der Waals surface area (Å²) < 4.78 is 83.6. The zero-order chi connectivity index (χ0) is 27.6. The first-order chi connectivity index (χ1) is 17.8. The van der Waals surface area contributed by atoms with Gasteiger partial charge < -0.3 is 13.7 Å². The Morgan fingerprint density at radius 2 is 1.79 bits per heavy atom. The molecule has 0 aliphatic carbocycles. The normalized spacial score (nSPS) is 12.5. The Balaban J connectivity index is 1.92. The fourth-order valence-corrected chi connectivity index (χ4v) is 5.06. The van der Waals surface area contributed by atoms with Gasteiger partial charge in [-0.2, -0.15) is 26.9 Å². The summed E-state index contributed by atoms with van der Waals surface area (Å²) in [7, 11) is -5.41. The summed E-state index contributed by atoms with van der Waals surface area (Å²) in [6.45, 7) is 3.60. The molecule has 0 spiro atoms. The zero-order valence-electron chi connectivity index (χ0n) is 19.7. The average Bonchev–Trinajstić information content (AvgIpc) is 3.20. The first kappa shape index (κ1) is 25.3. The molecule has 194 valence electrons. The maximum atomic E-state index is 14.3. The topological polar surface area (TPSA) is 105 Å². The Kier molecular flexibility index (Phi) is 5.72. The van der Waals surface area contributed by atoms with E-state index in [1.807, 2.05) is 6.07 Å². The Hall–Kier alpha value is -4.37. The smallest absolute Gasteiger partial charge is 0.358 e. The summed E-state index contributed by atoms with van der Waals surface area (Å²) in [5.74, 6) is -0.515. The SMILES string of the molecule is CC(C)n1c2cc(-c3cccc(OS(=O)(=O)F)c3)c(C(F)(F)F)cc2c(=O)c2c3ccc(C#N)cc3[nH]c21. The molecule has 5 aromatic rings. The van der Waals surface area contributed by atoms with Crippen LogP contribution in [-0.4, -0.2) is 18.0 Å². The summed E-state index contributed by atoms with van der Waals surface area (Å²) in [5.41, 5.74) is -0.832. The lowest BCUT2D eigenvalue weighted by molar-refractivity contribution is -0.137. The van der Waals surface area contributed by atoms with Crippen molar-refractivity contribution in [3.63, 3.8) is 0 Å². The Bertz CT molecular complexity index is 1980. The average molecular weight is 543 g/mol. The largest absolute Gasteiger partial charge is 0.488 e. The standard InChI is InChI=1S/C26H17F4N3O4S/c1-13(2)33-22-11-18(15-4-3-5-16(9-15)37-38(30,35)36)20(26(27,28)29)10-19(22)24(34)23-17-7-6-14(12-31)8-21(17)32-25(23)33/h3-11,13,32H,1-2H3. The zero-order valence-corrected chi connectivity index (χ0v) is 20.5. The van der Waals surface area contributed by atoms with Gasteiger partial charge in [-0.1, -0.05) is 22.1 Å². The van der Waals surface area contributed by atoms with Gasteiger partial charge in [-0.15, -0.1) is 0 Å². The molecule has 0 radical (unpaired) electrons. The van der Waals surface area contributed by atoms with E-state index in [9.17, 15) is 35.5 Å². The molecule has 0 amide bonds. The number of rotatable bonds is 4. The van der Waals surface area contributed by atoms with Crippen LogP contribution in [0.5, 0.6) is 5.75 Å². The second-order valence-corrected chi connectivity index (χ2v) is 9.88. The first-order valence-electron chi connectivity index (χ1n) is 11.2. The van der Waals surface area contributed by atoms with Crippen molar-refractivity contribution in [3.05, 3.63) is 75.9 Å². The lowest BCUT2D eigenvalue weighted by atomic mass is 9.95. The van der Waals surface area contributed by atoms with Crippen LogP contribution in [0.2, 0.25) is 0 Å². The molecule has 12 heteroatoms. The van der Waals surface area contributed by atoms with E-state index in [2.05, 4.69) is 9.17 Å². The van der Waals surface area contributed by atoms with Crippen molar-refractivity contribution in [2.75, 3.05) is 0 Å². The first-order valence-corrected chi connectivity index (χ1v) is 12.5. The van der Waals surface area contributed by atoms with Gasteiger partial charge in [-0.05, 0) is 61.4 Å². The molecular weight excluding hydrogens is 526 g/mol. The fourth-order valence-electron chi connectivity index (χ4n) is 4.73. The monoisotopic (exact) mass is 543 g/mol. The predicted octanol–water partition coefficient (Wildman–Crippen LogP) is 6.37. The van der Waals surface area contributed by atoms with Gasteiger partial charge in [-0.25, -0.2) is 0 Å². The van der Waals surface area contributed by atoms with E-state index < -0.39 is 33.4 Å². The third kappa shape index (κ3) is 4.24. The second kappa shape index (κ2) is 8.59. The highest BCUT2D eigenvalue weighted by Gasteiger charge is 2.35. The number of nitriles is 1. The Morgan fingerprint density at radius 3 is 2.42 bits per heavy atom. The molecule has 2 aromatic heterocycles. The van der Waals surface area contributed by atoms with Gasteiger partial charge in [0.05, 0.1) is 28.1 Å². The van der Waals surface area contributed by atoms with Crippen LogP contribution in [-0.2, 0) is 16.7 Å². The number of aromatic nitrogens is 2. The van der Waals surface area contributed by atoms with Gasteiger partial charge in [0.1, 0.15) is 11.4 Å². The van der Waals surface area contributed by atoms with E-state index in [0.29, 0.717) is 22.1 Å². The van der Waals surface area contributed by atoms with Crippen molar-refractivity contribution in [1.29, 1.82) is 5.26 Å². The number of alkyl halides is 3. The van der Waals surface area contributed by atoms with Gasteiger partial charge in [0.2, 0.25) is 0 Å². The van der Waals surface area contributed by atoms with E-state index in [0.717, 1.165) is 18.2 Å². The molecule has 0 bridgehead atoms. The van der Waals surface area contributed by atoms with Crippen molar-refractivity contribution in [2.45, 2.75) is 26.1 Å². The van der Waals surface area contributed by atoms with E-state index in [1.54, 1.807) is 30.5 Å². The highest BCUT2D eigenvalue weighted by atomic mass is 32.3. The molecule has 38 heavy (non-hydrogen) atoms. The van der Waals surface area contributed by atoms with Crippen LogP contribution >= 0.6 is 0 Å². The Morgan fingerprint density at radius 1 is 1.05 bits per heavy atom. The van der Waals surface area contributed by atoms with Crippen molar-refractivity contribution in [3.8, 4) is 22.9 Å². The number of benzene rings is 3. The van der Waals surface area contributed by atoms with E-state index in [4.69, 9.17) is 0 Å². The maximum absolute atomic E-state index is 14.3. The molecule has 0 unspecified atom stereocenters. The lowest BCUT2D eigenvalue weighted by Gasteiger charge is -2.20. The van der Waals surface area contributed by atoms with Crippen LogP contribution in [0.15, 0.2) is 59.4 Å². The van der Waals surface area contributed by atoms with Gasteiger partial charge in [0.15, 0.2) is 5.43 Å². The van der Waals surface area contributed by atoms with Crippen molar-refractivity contribution in [1.82, 2.24) is 9.55 Å². The molecule has 0 aliphatic heterocycles. The number of hydrogen-bond donors (Lipinski definition) is 1. The second-order valence-electron chi connectivity index (χ2n) is 8.93. The van der Waals surface area contributed by atoms with Crippen LogP contribution in [0.4, 0.5) is 17.1 Å². The minimum absolute atomic E-state index is 0.0986. The number of aromatic amines is 1. The molecule has 0 fully saturated rings. The summed E-state index contributed by atoms with van der Waals surface area (Å²) in [6, 6.07) is 12.9. The number of nitrogens with one attached hydrogen (secondary N) is 1. The number of H-pyrrole nitrogens is 1. The van der Waals surface area contributed by atoms with Crippen LogP contribution in [0.25, 0.3) is 44.0 Å². The van der Waals surface area contributed by atoms with Gasteiger partial charge in [0, 0.05) is 22.3 Å². The summed E-state index contributed by atoms with van der Waals surface area (Å²) >= 11 is 0. The number of hydrogen-bond acceptors (Lipinski definition) is 5. The van der Waals surface area contributed by atoms with Crippen molar-refractivity contribution < 1.29 is 29.7 Å². The molecular formula is C26H17F4N3O4S. The van der Waals surface area contributed by atoms with Crippen LogP contribution in [0, 0.1) is 11.3 Å². The fraction of sp³-hybridized carbons (Fsp3) is 0.154. The summed E-state index contributed by atoms with van der Waals surface area (Å²) in [6.07, 6.45) is -4.89. The van der Waals surface area contributed by atoms with Crippen LogP contribution < -0.4 is 9.61 Å². The molecule has 7 nitrogen and oxygen atoms in total. The highest BCUT2D eigenvalue weighted by molar-refractivity contribution is 7.81. The minimum atomic E-state index is -5.41. The van der Waals surface area contributed by atoms with E-state index in [-0.39, 0.29) is 33.5 Å². The number of nitrogens with zero attached hydrogens (tertiary/aromatic N) is 2. The predicted molar refractivity (Wildman–Crippen MR) is 134 cm³/mol. The summed E-state index contributed by atoms with van der Waals surface area (Å²) in [5, 5.41) is 9.73. The van der Waals surface area contributed by atoms with Crippen molar-refractivity contribution >= 4 is 43.3 Å².